The molecule has 0 unspecified atom stereocenters. The molecule has 3 rings (SSSR count). The maximum absolute atomic E-state index is 14.0. The molecule has 214 valence electrons. The SMILES string of the molecule is CCCNC(=O)[C@H](CC)N(Cc1ccc(C)cc1)C(=O)CN(c1ccc(OC)cc1)S(=O)(=O)c1ccc(C)cc1. The monoisotopic (exact) mass is 565 g/mol. The topological polar surface area (TPSA) is 96.0 Å². The van der Waals surface area contributed by atoms with E-state index in [-0.39, 0.29) is 17.3 Å². The molecule has 0 aliphatic heterocycles. The Kier molecular flexibility index (Phi) is 10.7. The molecule has 1 atom stereocenters. The average Bonchev–Trinajstić information content (AvgIpc) is 2.95. The predicted molar refractivity (Wildman–Crippen MR) is 158 cm³/mol. The van der Waals surface area contributed by atoms with Gasteiger partial charge in [0.25, 0.3) is 10.0 Å². The summed E-state index contributed by atoms with van der Waals surface area (Å²) in [6.45, 7) is 7.82. The predicted octanol–water partition coefficient (Wildman–Crippen LogP) is 4.84. The van der Waals surface area contributed by atoms with Crippen LogP contribution in [0.25, 0.3) is 0 Å². The number of methoxy groups -OCH3 is 1. The van der Waals surface area contributed by atoms with E-state index in [2.05, 4.69) is 5.32 Å². The fourth-order valence-corrected chi connectivity index (χ4v) is 5.70. The minimum absolute atomic E-state index is 0.0690. The highest BCUT2D eigenvalue weighted by Crippen LogP contribution is 2.27. The van der Waals surface area contributed by atoms with Crippen molar-refractivity contribution in [3.8, 4) is 5.75 Å². The van der Waals surface area contributed by atoms with Gasteiger partial charge in [0.05, 0.1) is 17.7 Å². The van der Waals surface area contributed by atoms with Gasteiger partial charge in [-0.3, -0.25) is 13.9 Å². The number of amides is 2. The summed E-state index contributed by atoms with van der Waals surface area (Å²) in [5.41, 5.74) is 3.15. The molecule has 1 N–H and O–H groups in total. The Morgan fingerprint density at radius 2 is 1.45 bits per heavy atom. The summed E-state index contributed by atoms with van der Waals surface area (Å²) in [6, 6.07) is 20.0. The van der Waals surface area contributed by atoms with Crippen LogP contribution in [0.4, 0.5) is 5.69 Å². The van der Waals surface area contributed by atoms with Gasteiger partial charge in [-0.2, -0.15) is 0 Å². The summed E-state index contributed by atoms with van der Waals surface area (Å²) >= 11 is 0. The third-order valence-corrected chi connectivity index (χ3v) is 8.45. The zero-order valence-electron chi connectivity index (χ0n) is 23.9. The standard InChI is InChI=1S/C31H39N3O5S/c1-6-20-32-31(36)29(7-2)33(21-25-12-8-23(3)9-13-25)30(35)22-34(26-14-16-27(39-5)17-15-26)40(37,38)28-18-10-24(4)11-19-28/h8-19,29H,6-7,20-22H2,1-5H3,(H,32,36)/t29-/m0/s1. The molecule has 2 amide bonds. The van der Waals surface area contributed by atoms with Gasteiger partial charge in [0.2, 0.25) is 11.8 Å². The molecule has 3 aromatic rings. The van der Waals surface area contributed by atoms with Gasteiger partial charge in [0.1, 0.15) is 18.3 Å². The van der Waals surface area contributed by atoms with Crippen molar-refractivity contribution < 1.29 is 22.7 Å². The van der Waals surface area contributed by atoms with E-state index in [4.69, 9.17) is 4.74 Å². The number of benzene rings is 3. The number of hydrogen-bond donors (Lipinski definition) is 1. The Morgan fingerprint density at radius 3 is 1.98 bits per heavy atom. The van der Waals surface area contributed by atoms with Gasteiger partial charge in [-0.25, -0.2) is 8.42 Å². The third kappa shape index (κ3) is 7.63. The first-order valence-corrected chi connectivity index (χ1v) is 14.9. The van der Waals surface area contributed by atoms with Gasteiger partial charge in [0.15, 0.2) is 0 Å². The summed E-state index contributed by atoms with van der Waals surface area (Å²) in [6.07, 6.45) is 1.13. The molecule has 0 spiro atoms. The molecule has 0 radical (unpaired) electrons. The molecule has 0 bridgehead atoms. The number of ether oxygens (including phenoxy) is 1. The van der Waals surface area contributed by atoms with Gasteiger partial charge in [-0.05, 0) is 68.7 Å². The molecule has 0 saturated carbocycles. The lowest BCUT2D eigenvalue weighted by Crippen LogP contribution is -2.52. The zero-order valence-corrected chi connectivity index (χ0v) is 24.7. The smallest absolute Gasteiger partial charge is 0.264 e. The minimum Gasteiger partial charge on any atom is -0.497 e. The average molecular weight is 566 g/mol. The van der Waals surface area contributed by atoms with Crippen LogP contribution in [0.1, 0.15) is 43.4 Å². The number of carbonyl (C=O) groups excluding carboxylic acids is 2. The van der Waals surface area contributed by atoms with Gasteiger partial charge in [-0.15, -0.1) is 0 Å². The highest BCUT2D eigenvalue weighted by Gasteiger charge is 2.33. The van der Waals surface area contributed by atoms with Crippen molar-refractivity contribution in [2.24, 2.45) is 0 Å². The van der Waals surface area contributed by atoms with Gasteiger partial charge < -0.3 is 15.0 Å². The van der Waals surface area contributed by atoms with E-state index < -0.39 is 28.5 Å². The van der Waals surface area contributed by atoms with Crippen molar-refractivity contribution in [1.82, 2.24) is 10.2 Å². The molecule has 0 aliphatic rings. The summed E-state index contributed by atoms with van der Waals surface area (Å²) in [5, 5.41) is 2.89. The molecule has 3 aromatic carbocycles. The maximum Gasteiger partial charge on any atom is 0.264 e. The number of nitrogens with zero attached hydrogens (tertiary/aromatic N) is 2. The van der Waals surface area contributed by atoms with Crippen LogP contribution < -0.4 is 14.4 Å². The van der Waals surface area contributed by atoms with Crippen molar-refractivity contribution in [2.45, 2.75) is 58.0 Å². The van der Waals surface area contributed by atoms with E-state index in [0.29, 0.717) is 24.4 Å². The summed E-state index contributed by atoms with van der Waals surface area (Å²) in [5.74, 6) is -0.185. The van der Waals surface area contributed by atoms with Crippen LogP contribution in [-0.2, 0) is 26.2 Å². The molecule has 0 aliphatic carbocycles. The van der Waals surface area contributed by atoms with Crippen molar-refractivity contribution in [3.63, 3.8) is 0 Å². The molecule has 0 aromatic heterocycles. The second kappa shape index (κ2) is 14.0. The molecule has 8 nitrogen and oxygen atoms in total. The second-order valence-corrected chi connectivity index (χ2v) is 11.6. The highest BCUT2D eigenvalue weighted by molar-refractivity contribution is 7.92. The molecule has 0 saturated heterocycles. The lowest BCUT2D eigenvalue weighted by molar-refractivity contribution is -0.140. The largest absolute Gasteiger partial charge is 0.497 e. The van der Waals surface area contributed by atoms with Crippen LogP contribution in [0.3, 0.4) is 0 Å². The van der Waals surface area contributed by atoms with Crippen LogP contribution in [0.5, 0.6) is 5.75 Å². The molecule has 40 heavy (non-hydrogen) atoms. The van der Waals surface area contributed by atoms with E-state index in [1.165, 1.54) is 24.1 Å². The van der Waals surface area contributed by atoms with Gasteiger partial charge >= 0.3 is 0 Å². The number of nitrogens with one attached hydrogen (secondary N) is 1. The first kappa shape index (κ1) is 30.7. The van der Waals surface area contributed by atoms with E-state index >= 15 is 0 Å². The quantitative estimate of drug-likeness (QED) is 0.320. The number of carbonyl (C=O) groups is 2. The fourth-order valence-electron chi connectivity index (χ4n) is 4.29. The van der Waals surface area contributed by atoms with E-state index in [0.717, 1.165) is 27.4 Å². The molecule has 0 fully saturated rings. The van der Waals surface area contributed by atoms with Gasteiger partial charge in [0, 0.05) is 13.1 Å². The van der Waals surface area contributed by atoms with E-state index in [1.807, 2.05) is 52.0 Å². The highest BCUT2D eigenvalue weighted by atomic mass is 32.2. The summed E-state index contributed by atoms with van der Waals surface area (Å²) < 4.78 is 34.2. The lowest BCUT2D eigenvalue weighted by atomic mass is 10.1. The first-order valence-electron chi connectivity index (χ1n) is 13.5. The van der Waals surface area contributed by atoms with Crippen LogP contribution in [0.15, 0.2) is 77.7 Å². The number of aryl methyl sites for hydroxylation is 2. The number of anilines is 1. The maximum atomic E-state index is 14.0. The molecule has 0 heterocycles. The molecular formula is C31H39N3O5S. The Labute approximate surface area is 238 Å². The van der Waals surface area contributed by atoms with Gasteiger partial charge in [-0.1, -0.05) is 61.4 Å². The van der Waals surface area contributed by atoms with E-state index in [1.54, 1.807) is 36.4 Å². The summed E-state index contributed by atoms with van der Waals surface area (Å²) in [7, 11) is -2.60. The fraction of sp³-hybridized carbons (Fsp3) is 0.355. The Bertz CT molecular complexity index is 1370. The second-order valence-electron chi connectivity index (χ2n) is 9.75. The minimum atomic E-state index is -4.12. The van der Waals surface area contributed by atoms with Crippen LogP contribution >= 0.6 is 0 Å². The summed E-state index contributed by atoms with van der Waals surface area (Å²) in [4.78, 5) is 28.7. The number of rotatable bonds is 13. The molecule has 9 heteroatoms. The van der Waals surface area contributed by atoms with Crippen LogP contribution in [0.2, 0.25) is 0 Å². The Hall–Kier alpha value is -3.85. The zero-order chi connectivity index (χ0) is 29.3. The van der Waals surface area contributed by atoms with Crippen LogP contribution in [-0.4, -0.2) is 51.4 Å². The van der Waals surface area contributed by atoms with Crippen molar-refractivity contribution >= 4 is 27.5 Å². The Balaban J connectivity index is 2.04. The first-order chi connectivity index (χ1) is 19.1. The lowest BCUT2D eigenvalue weighted by Gasteiger charge is -2.33. The van der Waals surface area contributed by atoms with E-state index in [9.17, 15) is 18.0 Å². The number of sulfonamides is 1. The van der Waals surface area contributed by atoms with Crippen molar-refractivity contribution in [1.29, 1.82) is 0 Å². The Morgan fingerprint density at radius 1 is 0.875 bits per heavy atom. The van der Waals surface area contributed by atoms with Crippen molar-refractivity contribution in [2.75, 3.05) is 24.5 Å². The van der Waals surface area contributed by atoms with Crippen molar-refractivity contribution in [3.05, 3.63) is 89.5 Å². The third-order valence-electron chi connectivity index (χ3n) is 6.66. The number of hydrogen-bond acceptors (Lipinski definition) is 5. The van der Waals surface area contributed by atoms with Crippen LogP contribution in [0, 0.1) is 13.8 Å². The molecular weight excluding hydrogens is 526 g/mol. The normalized spacial score (nSPS) is 11.9.